The van der Waals surface area contributed by atoms with Crippen molar-refractivity contribution < 1.29 is 18.7 Å². The van der Waals surface area contributed by atoms with E-state index in [1.165, 1.54) is 6.07 Å². The van der Waals surface area contributed by atoms with Crippen LogP contribution in [0.4, 0.5) is 11.4 Å². The maximum Gasteiger partial charge on any atom is 0.336 e. The van der Waals surface area contributed by atoms with Crippen molar-refractivity contribution in [3.05, 3.63) is 64.5 Å². The highest BCUT2D eigenvalue weighted by Gasteiger charge is 2.17. The lowest BCUT2D eigenvalue weighted by molar-refractivity contribution is -0.118. The number of hydrogen-bond donors (Lipinski definition) is 2. The van der Waals surface area contributed by atoms with Crippen molar-refractivity contribution in [2.75, 3.05) is 17.2 Å². The molecule has 1 aromatic heterocycles. The number of rotatable bonds is 4. The van der Waals surface area contributed by atoms with E-state index in [1.54, 1.807) is 42.5 Å². The molecule has 0 atom stereocenters. The Morgan fingerprint density at radius 3 is 2.85 bits per heavy atom. The van der Waals surface area contributed by atoms with Crippen molar-refractivity contribution in [2.24, 2.45) is 0 Å². The van der Waals surface area contributed by atoms with E-state index >= 15 is 0 Å². The zero-order valence-electron chi connectivity index (χ0n) is 13.6. The van der Waals surface area contributed by atoms with Crippen LogP contribution >= 0.6 is 0 Å². The molecule has 7 nitrogen and oxygen atoms in total. The molecule has 2 heterocycles. The van der Waals surface area contributed by atoms with E-state index in [4.69, 9.17) is 9.15 Å². The van der Waals surface area contributed by atoms with Crippen LogP contribution < -0.4 is 21.0 Å². The Morgan fingerprint density at radius 2 is 1.96 bits per heavy atom. The number of fused-ring (bicyclic) bond motifs is 2. The minimum atomic E-state index is -0.447. The van der Waals surface area contributed by atoms with Crippen LogP contribution in [0.2, 0.25) is 0 Å². The Labute approximate surface area is 147 Å². The number of hydrogen-bond acceptors (Lipinski definition) is 5. The van der Waals surface area contributed by atoms with Gasteiger partial charge in [0.05, 0.1) is 6.42 Å². The van der Waals surface area contributed by atoms with Gasteiger partial charge in [-0.1, -0.05) is 0 Å². The molecule has 0 bridgehead atoms. The summed E-state index contributed by atoms with van der Waals surface area (Å²) in [5.74, 6) is 0.0253. The van der Waals surface area contributed by atoms with Crippen LogP contribution in [0.25, 0.3) is 11.0 Å². The van der Waals surface area contributed by atoms with Gasteiger partial charge in [-0.25, -0.2) is 4.79 Å². The first-order valence-electron chi connectivity index (χ1n) is 7.96. The fraction of sp³-hybridized carbons (Fsp3) is 0.105. The van der Waals surface area contributed by atoms with Gasteiger partial charge < -0.3 is 19.8 Å². The summed E-state index contributed by atoms with van der Waals surface area (Å²) in [6, 6.07) is 13.2. The van der Waals surface area contributed by atoms with Gasteiger partial charge in [-0.05, 0) is 42.0 Å². The molecule has 2 amide bonds. The molecule has 4 rings (SSSR count). The van der Waals surface area contributed by atoms with Crippen LogP contribution in [0.15, 0.2) is 57.7 Å². The molecule has 2 N–H and O–H groups in total. The fourth-order valence-corrected chi connectivity index (χ4v) is 2.78. The minimum absolute atomic E-state index is 0.0604. The molecule has 3 aromatic rings. The van der Waals surface area contributed by atoms with Gasteiger partial charge in [0.2, 0.25) is 5.91 Å². The lowest BCUT2D eigenvalue weighted by Crippen LogP contribution is -2.20. The summed E-state index contributed by atoms with van der Waals surface area (Å²) in [5.41, 5.74) is 2.15. The monoisotopic (exact) mass is 350 g/mol. The average Bonchev–Trinajstić information content (AvgIpc) is 2.99. The summed E-state index contributed by atoms with van der Waals surface area (Å²) in [4.78, 5) is 34.7. The Hall–Kier alpha value is -3.61. The van der Waals surface area contributed by atoms with E-state index in [2.05, 4.69) is 10.6 Å². The summed E-state index contributed by atoms with van der Waals surface area (Å²) >= 11 is 0. The maximum atomic E-state index is 12.1. The summed E-state index contributed by atoms with van der Waals surface area (Å²) in [6.07, 6.45) is 0.303. The molecule has 0 spiro atoms. The van der Waals surface area contributed by atoms with E-state index in [0.717, 1.165) is 16.6 Å². The Bertz CT molecular complexity index is 1090. The second-order valence-electron chi connectivity index (χ2n) is 5.89. The van der Waals surface area contributed by atoms with Gasteiger partial charge in [-0.3, -0.25) is 9.59 Å². The second-order valence-corrected chi connectivity index (χ2v) is 5.89. The van der Waals surface area contributed by atoms with Crippen molar-refractivity contribution in [3.8, 4) is 5.75 Å². The average molecular weight is 350 g/mol. The summed E-state index contributed by atoms with van der Waals surface area (Å²) in [7, 11) is 0. The summed E-state index contributed by atoms with van der Waals surface area (Å²) in [5, 5.41) is 6.23. The highest BCUT2D eigenvalue weighted by atomic mass is 16.5. The zero-order chi connectivity index (χ0) is 18.1. The smallest absolute Gasteiger partial charge is 0.336 e. The Kier molecular flexibility index (Phi) is 3.89. The molecular weight excluding hydrogens is 336 g/mol. The molecule has 0 radical (unpaired) electrons. The van der Waals surface area contributed by atoms with Crippen LogP contribution in [0.3, 0.4) is 0 Å². The molecule has 0 saturated carbocycles. The van der Waals surface area contributed by atoms with Crippen LogP contribution in [-0.4, -0.2) is 18.4 Å². The van der Waals surface area contributed by atoms with Gasteiger partial charge in [-0.15, -0.1) is 0 Å². The first-order chi connectivity index (χ1) is 12.6. The van der Waals surface area contributed by atoms with Crippen LogP contribution in [-0.2, 0) is 16.0 Å². The van der Waals surface area contributed by atoms with Gasteiger partial charge >= 0.3 is 5.63 Å². The highest BCUT2D eigenvalue weighted by molar-refractivity contribution is 6.00. The van der Waals surface area contributed by atoms with Gasteiger partial charge in [0.25, 0.3) is 5.91 Å². The predicted molar refractivity (Wildman–Crippen MR) is 95.4 cm³/mol. The lowest BCUT2D eigenvalue weighted by atomic mass is 10.1. The molecule has 1 aliphatic heterocycles. The topological polar surface area (TPSA) is 97.6 Å². The SMILES string of the molecule is O=C(COc1ccc2ccc(=O)oc2c1)Nc1ccc2c(c1)CC(=O)N2. The van der Waals surface area contributed by atoms with Crippen molar-refractivity contribution in [1.29, 1.82) is 0 Å². The Balaban J connectivity index is 1.40. The molecule has 0 unspecified atom stereocenters. The van der Waals surface area contributed by atoms with Crippen molar-refractivity contribution in [1.82, 2.24) is 0 Å². The molecular formula is C19H14N2O5. The first kappa shape index (κ1) is 15.9. The third-order valence-corrected chi connectivity index (χ3v) is 3.98. The van der Waals surface area contributed by atoms with Crippen LogP contribution in [0.5, 0.6) is 5.75 Å². The van der Waals surface area contributed by atoms with E-state index < -0.39 is 5.63 Å². The van der Waals surface area contributed by atoms with Gasteiger partial charge in [0.15, 0.2) is 6.61 Å². The Morgan fingerprint density at radius 1 is 1.12 bits per heavy atom. The summed E-state index contributed by atoms with van der Waals surface area (Å²) < 4.78 is 10.5. The van der Waals surface area contributed by atoms with Gasteiger partial charge in [0, 0.05) is 28.9 Å². The van der Waals surface area contributed by atoms with E-state index in [-0.39, 0.29) is 18.4 Å². The normalized spacial score (nSPS) is 12.5. The number of carbonyl (C=O) groups is 2. The first-order valence-corrected chi connectivity index (χ1v) is 7.96. The standard InChI is InChI=1S/C19H14N2O5/c22-17-8-12-7-13(3-5-15(12)21-17)20-18(23)10-25-14-4-1-11-2-6-19(24)26-16(11)9-14/h1-7,9H,8,10H2,(H,20,23)(H,21,22). The van der Waals surface area contributed by atoms with Crippen LogP contribution in [0.1, 0.15) is 5.56 Å². The zero-order valence-corrected chi connectivity index (χ0v) is 13.6. The van der Waals surface area contributed by atoms with Crippen molar-refractivity contribution in [3.63, 3.8) is 0 Å². The molecule has 0 aliphatic carbocycles. The number of anilines is 2. The third-order valence-electron chi connectivity index (χ3n) is 3.98. The van der Waals surface area contributed by atoms with E-state index in [9.17, 15) is 14.4 Å². The van der Waals surface area contributed by atoms with E-state index in [1.807, 2.05) is 0 Å². The van der Waals surface area contributed by atoms with Gasteiger partial charge in [0.1, 0.15) is 11.3 Å². The number of carbonyl (C=O) groups excluding carboxylic acids is 2. The number of nitrogens with one attached hydrogen (secondary N) is 2. The van der Waals surface area contributed by atoms with E-state index in [0.29, 0.717) is 23.4 Å². The molecule has 0 fully saturated rings. The number of benzene rings is 2. The molecule has 26 heavy (non-hydrogen) atoms. The quantitative estimate of drug-likeness (QED) is 0.704. The molecule has 130 valence electrons. The molecule has 7 heteroatoms. The molecule has 1 aliphatic rings. The maximum absolute atomic E-state index is 12.1. The molecule has 2 aromatic carbocycles. The second kappa shape index (κ2) is 6.36. The predicted octanol–water partition coefficient (Wildman–Crippen LogP) is 2.31. The third kappa shape index (κ3) is 3.27. The van der Waals surface area contributed by atoms with Crippen molar-refractivity contribution in [2.45, 2.75) is 6.42 Å². The molecule has 0 saturated heterocycles. The van der Waals surface area contributed by atoms with Crippen molar-refractivity contribution >= 4 is 34.2 Å². The fourth-order valence-electron chi connectivity index (χ4n) is 2.78. The van der Waals surface area contributed by atoms with Crippen LogP contribution in [0, 0.1) is 0 Å². The van der Waals surface area contributed by atoms with Gasteiger partial charge in [-0.2, -0.15) is 0 Å². The summed E-state index contributed by atoms with van der Waals surface area (Å²) in [6.45, 7) is -0.198. The minimum Gasteiger partial charge on any atom is -0.484 e. The number of amides is 2. The lowest BCUT2D eigenvalue weighted by Gasteiger charge is -2.09. The largest absolute Gasteiger partial charge is 0.484 e. The number of ether oxygens (including phenoxy) is 1. The highest BCUT2D eigenvalue weighted by Crippen LogP contribution is 2.26.